The van der Waals surface area contributed by atoms with Crippen LogP contribution in [0.1, 0.15) is 27.8 Å². The van der Waals surface area contributed by atoms with E-state index in [9.17, 15) is 9.59 Å². The first-order valence-corrected chi connectivity index (χ1v) is 4.07. The van der Waals surface area contributed by atoms with Crippen LogP contribution in [0.3, 0.4) is 0 Å². The number of carbonyl (C=O) groups is 2. The van der Waals surface area contributed by atoms with Crippen molar-refractivity contribution in [3.8, 4) is 0 Å². The molecule has 2 heterocycles. The van der Waals surface area contributed by atoms with E-state index < -0.39 is 0 Å². The minimum Gasteiger partial charge on any atom is -0.273 e. The van der Waals surface area contributed by atoms with Crippen LogP contribution in [0, 0.1) is 0 Å². The Morgan fingerprint density at radius 3 is 2.77 bits per heavy atom. The van der Waals surface area contributed by atoms with E-state index in [2.05, 4.69) is 4.98 Å². The van der Waals surface area contributed by atoms with E-state index in [4.69, 9.17) is 0 Å². The van der Waals surface area contributed by atoms with Crippen LogP contribution in [0.4, 0.5) is 0 Å². The van der Waals surface area contributed by atoms with Gasteiger partial charge in [0.1, 0.15) is 5.69 Å². The van der Waals surface area contributed by atoms with Gasteiger partial charge in [-0.3, -0.25) is 19.5 Å². The number of imide groups is 1. The lowest BCUT2D eigenvalue weighted by Crippen LogP contribution is -2.29. The molecule has 13 heavy (non-hydrogen) atoms. The quantitative estimate of drug-likeness (QED) is 0.592. The number of fused-ring (bicyclic) bond motifs is 1. The summed E-state index contributed by atoms with van der Waals surface area (Å²) in [5, 5.41) is 0. The summed E-state index contributed by atoms with van der Waals surface area (Å²) in [5.41, 5.74) is 0.684. The lowest BCUT2D eigenvalue weighted by atomic mass is 10.2. The summed E-state index contributed by atoms with van der Waals surface area (Å²) in [6.45, 7) is 2.16. The first-order chi connectivity index (χ1) is 6.25. The van der Waals surface area contributed by atoms with Gasteiger partial charge < -0.3 is 0 Å². The van der Waals surface area contributed by atoms with Crippen molar-refractivity contribution in [2.24, 2.45) is 0 Å². The highest BCUT2D eigenvalue weighted by Crippen LogP contribution is 2.19. The maximum absolute atomic E-state index is 11.5. The summed E-state index contributed by atoms with van der Waals surface area (Å²) in [6, 6.07) is 3.28. The van der Waals surface area contributed by atoms with Gasteiger partial charge in [-0.25, -0.2) is 0 Å². The predicted molar refractivity (Wildman–Crippen MR) is 45.3 cm³/mol. The molecule has 1 aromatic rings. The Hall–Kier alpha value is -1.71. The lowest BCUT2D eigenvalue weighted by Gasteiger charge is -2.08. The lowest BCUT2D eigenvalue weighted by molar-refractivity contribution is 0.0661. The molecule has 0 saturated carbocycles. The fourth-order valence-corrected chi connectivity index (χ4v) is 1.40. The van der Waals surface area contributed by atoms with E-state index in [0.29, 0.717) is 12.1 Å². The number of nitrogens with zero attached hydrogens (tertiary/aromatic N) is 2. The van der Waals surface area contributed by atoms with Crippen molar-refractivity contribution in [3.05, 3.63) is 29.6 Å². The monoisotopic (exact) mass is 176 g/mol. The molecule has 0 unspecified atom stereocenters. The fraction of sp³-hybridized carbons (Fsp3) is 0.222. The normalized spacial score (nSPS) is 15.0. The van der Waals surface area contributed by atoms with Crippen LogP contribution in [0.15, 0.2) is 18.3 Å². The van der Waals surface area contributed by atoms with Crippen molar-refractivity contribution in [2.75, 3.05) is 6.54 Å². The average Bonchev–Trinajstić information content (AvgIpc) is 2.41. The van der Waals surface area contributed by atoms with Crippen molar-refractivity contribution in [3.63, 3.8) is 0 Å². The first kappa shape index (κ1) is 7.91. The molecule has 1 aromatic heterocycles. The van der Waals surface area contributed by atoms with E-state index in [1.54, 1.807) is 19.1 Å². The molecule has 4 heteroatoms. The molecule has 0 spiro atoms. The summed E-state index contributed by atoms with van der Waals surface area (Å²) >= 11 is 0. The molecule has 1 aliphatic heterocycles. The highest BCUT2D eigenvalue weighted by Gasteiger charge is 2.35. The molecule has 0 saturated heterocycles. The van der Waals surface area contributed by atoms with E-state index in [0.717, 1.165) is 0 Å². The molecule has 0 radical (unpaired) electrons. The van der Waals surface area contributed by atoms with Gasteiger partial charge in [0.05, 0.1) is 5.56 Å². The summed E-state index contributed by atoms with van der Waals surface area (Å²) < 4.78 is 0. The zero-order valence-electron chi connectivity index (χ0n) is 7.15. The van der Waals surface area contributed by atoms with E-state index >= 15 is 0 Å². The second-order valence-corrected chi connectivity index (χ2v) is 2.75. The van der Waals surface area contributed by atoms with Crippen LogP contribution in [0.25, 0.3) is 0 Å². The molecule has 0 aromatic carbocycles. The van der Waals surface area contributed by atoms with Crippen LogP contribution in [-0.4, -0.2) is 28.2 Å². The Bertz CT molecular complexity index is 352. The maximum atomic E-state index is 11.5. The van der Waals surface area contributed by atoms with Crippen LogP contribution >= 0.6 is 0 Å². The van der Waals surface area contributed by atoms with Gasteiger partial charge in [0.15, 0.2) is 0 Å². The smallest absolute Gasteiger partial charge is 0.273 e. The van der Waals surface area contributed by atoms with Crippen molar-refractivity contribution < 1.29 is 9.59 Å². The number of hydrogen-bond donors (Lipinski definition) is 0. The first-order valence-electron chi connectivity index (χ1n) is 4.07. The van der Waals surface area contributed by atoms with Gasteiger partial charge in [0, 0.05) is 12.7 Å². The maximum Gasteiger partial charge on any atom is 0.280 e. The standard InChI is InChI=1S/C9H8N2O2/c1-2-11-8(12)6-4-3-5-10-7(6)9(11)13/h3-5H,2H2,1H3. The number of rotatable bonds is 1. The van der Waals surface area contributed by atoms with Crippen LogP contribution < -0.4 is 0 Å². The third-order valence-corrected chi connectivity index (χ3v) is 2.05. The van der Waals surface area contributed by atoms with Crippen LogP contribution in [0.5, 0.6) is 0 Å². The van der Waals surface area contributed by atoms with Gasteiger partial charge in [-0.15, -0.1) is 0 Å². The molecule has 66 valence electrons. The largest absolute Gasteiger partial charge is 0.280 e. The molecule has 0 atom stereocenters. The van der Waals surface area contributed by atoms with Gasteiger partial charge in [0.2, 0.25) is 0 Å². The van der Waals surface area contributed by atoms with Gasteiger partial charge in [0.25, 0.3) is 11.8 Å². The van der Waals surface area contributed by atoms with Crippen LogP contribution in [-0.2, 0) is 0 Å². The highest BCUT2D eigenvalue weighted by molar-refractivity contribution is 6.20. The molecule has 0 fully saturated rings. The Morgan fingerprint density at radius 1 is 1.38 bits per heavy atom. The second-order valence-electron chi connectivity index (χ2n) is 2.75. The molecular weight excluding hydrogens is 168 g/mol. The third-order valence-electron chi connectivity index (χ3n) is 2.05. The molecule has 0 aliphatic carbocycles. The number of pyridine rings is 1. The summed E-state index contributed by atoms with van der Waals surface area (Å²) in [5.74, 6) is -0.529. The van der Waals surface area contributed by atoms with E-state index in [1.807, 2.05) is 0 Å². The number of carbonyl (C=O) groups excluding carboxylic acids is 2. The van der Waals surface area contributed by atoms with Crippen LogP contribution in [0.2, 0.25) is 0 Å². The predicted octanol–water partition coefficient (Wildman–Crippen LogP) is 0.698. The summed E-state index contributed by atoms with van der Waals surface area (Å²) in [4.78, 5) is 28.1. The van der Waals surface area contributed by atoms with Gasteiger partial charge >= 0.3 is 0 Å². The SMILES string of the molecule is CCN1C(=O)c2cccnc2C1=O. The number of hydrogen-bond acceptors (Lipinski definition) is 3. The Balaban J connectivity index is 2.57. The highest BCUT2D eigenvalue weighted by atomic mass is 16.2. The van der Waals surface area contributed by atoms with E-state index in [-0.39, 0.29) is 17.5 Å². The molecule has 2 rings (SSSR count). The van der Waals surface area contributed by atoms with Crippen molar-refractivity contribution in [2.45, 2.75) is 6.92 Å². The Labute approximate surface area is 75.2 Å². The molecule has 2 amide bonds. The molecular formula is C9H8N2O2. The Morgan fingerprint density at radius 2 is 2.15 bits per heavy atom. The van der Waals surface area contributed by atoms with Crippen molar-refractivity contribution >= 4 is 11.8 Å². The molecule has 1 aliphatic rings. The average molecular weight is 176 g/mol. The Kier molecular flexibility index (Phi) is 1.62. The fourth-order valence-electron chi connectivity index (χ4n) is 1.40. The molecule has 0 N–H and O–H groups in total. The second kappa shape index (κ2) is 2.65. The topological polar surface area (TPSA) is 50.3 Å². The van der Waals surface area contributed by atoms with E-state index in [1.165, 1.54) is 11.1 Å². The third kappa shape index (κ3) is 0.950. The van der Waals surface area contributed by atoms with Gasteiger partial charge in [-0.2, -0.15) is 0 Å². The van der Waals surface area contributed by atoms with Gasteiger partial charge in [-0.1, -0.05) is 0 Å². The van der Waals surface area contributed by atoms with Crippen molar-refractivity contribution in [1.29, 1.82) is 0 Å². The summed E-state index contributed by atoms with van der Waals surface area (Å²) in [7, 11) is 0. The molecule has 0 bridgehead atoms. The summed E-state index contributed by atoms with van der Waals surface area (Å²) in [6.07, 6.45) is 1.52. The minimum atomic E-state index is -0.289. The number of amides is 2. The zero-order chi connectivity index (χ0) is 9.42. The minimum absolute atomic E-state index is 0.240. The number of aromatic nitrogens is 1. The van der Waals surface area contributed by atoms with Gasteiger partial charge in [-0.05, 0) is 19.1 Å². The molecule has 4 nitrogen and oxygen atoms in total. The zero-order valence-corrected chi connectivity index (χ0v) is 7.15. The van der Waals surface area contributed by atoms with Crippen molar-refractivity contribution in [1.82, 2.24) is 9.88 Å².